The number of ether oxygens (including phenoxy) is 1. The molecular weight excluding hydrogens is 334 g/mol. The highest BCUT2D eigenvalue weighted by Gasteiger charge is 2.30. The summed E-state index contributed by atoms with van der Waals surface area (Å²) in [4.78, 5) is 25.8. The third-order valence-electron chi connectivity index (χ3n) is 4.46. The van der Waals surface area contributed by atoms with Crippen molar-refractivity contribution in [2.24, 2.45) is 0 Å². The highest BCUT2D eigenvalue weighted by molar-refractivity contribution is 5.96. The van der Waals surface area contributed by atoms with E-state index in [1.807, 2.05) is 36.1 Å². The molecule has 1 aliphatic heterocycles. The number of morpholine rings is 1. The van der Waals surface area contributed by atoms with Crippen molar-refractivity contribution >= 4 is 17.3 Å². The lowest BCUT2D eigenvalue weighted by atomic mass is 10.0. The number of nitro benzene ring substituents is 1. The summed E-state index contributed by atoms with van der Waals surface area (Å²) in [5.41, 5.74) is 2.28. The van der Waals surface area contributed by atoms with Crippen LogP contribution in [0.25, 0.3) is 0 Å². The second kappa shape index (κ2) is 8.07. The van der Waals surface area contributed by atoms with Gasteiger partial charge in [0.25, 0.3) is 5.69 Å². The summed E-state index contributed by atoms with van der Waals surface area (Å²) in [5.74, 6) is -0.207. The van der Waals surface area contributed by atoms with Crippen LogP contribution in [-0.2, 0) is 9.53 Å². The summed E-state index contributed by atoms with van der Waals surface area (Å²) < 4.78 is 5.38. The smallest absolute Gasteiger partial charge is 0.269 e. The molecule has 1 atom stereocenters. The molecule has 136 valence electrons. The Morgan fingerprint density at radius 1 is 1.19 bits per heavy atom. The second-order valence-electron chi connectivity index (χ2n) is 6.21. The lowest BCUT2D eigenvalue weighted by Gasteiger charge is -2.33. The first-order valence-corrected chi connectivity index (χ1v) is 8.49. The third-order valence-corrected chi connectivity index (χ3v) is 4.46. The maximum Gasteiger partial charge on any atom is 0.269 e. The first-order valence-electron chi connectivity index (χ1n) is 8.49. The van der Waals surface area contributed by atoms with Gasteiger partial charge in [-0.3, -0.25) is 19.8 Å². The van der Waals surface area contributed by atoms with Crippen LogP contribution in [0.3, 0.4) is 0 Å². The molecule has 0 aliphatic carbocycles. The van der Waals surface area contributed by atoms with Gasteiger partial charge >= 0.3 is 0 Å². The van der Waals surface area contributed by atoms with Crippen LogP contribution in [0.15, 0.2) is 48.5 Å². The van der Waals surface area contributed by atoms with Gasteiger partial charge in [0.1, 0.15) is 6.04 Å². The molecule has 0 saturated carbocycles. The van der Waals surface area contributed by atoms with Crippen molar-refractivity contribution in [3.05, 3.63) is 69.8 Å². The number of aryl methyl sites for hydroxylation is 1. The number of rotatable bonds is 5. The molecule has 1 saturated heterocycles. The van der Waals surface area contributed by atoms with Gasteiger partial charge in [-0.15, -0.1) is 0 Å². The number of benzene rings is 2. The molecule has 7 nitrogen and oxygen atoms in total. The largest absolute Gasteiger partial charge is 0.379 e. The van der Waals surface area contributed by atoms with Crippen molar-refractivity contribution < 1.29 is 14.5 Å². The minimum atomic E-state index is -0.613. The number of carbonyl (C=O) groups excluding carboxylic acids is 1. The summed E-state index contributed by atoms with van der Waals surface area (Å²) in [6.07, 6.45) is 0. The Labute approximate surface area is 151 Å². The number of nitro groups is 1. The average molecular weight is 355 g/mol. The molecule has 3 rings (SSSR count). The van der Waals surface area contributed by atoms with Crippen molar-refractivity contribution in [1.29, 1.82) is 0 Å². The molecule has 7 heteroatoms. The van der Waals surface area contributed by atoms with Crippen LogP contribution in [0.2, 0.25) is 0 Å². The lowest BCUT2D eigenvalue weighted by molar-refractivity contribution is -0.384. The molecule has 0 spiro atoms. The zero-order valence-corrected chi connectivity index (χ0v) is 14.6. The number of hydrogen-bond donors (Lipinski definition) is 1. The van der Waals surface area contributed by atoms with Crippen LogP contribution in [-0.4, -0.2) is 42.0 Å². The topological polar surface area (TPSA) is 84.7 Å². The van der Waals surface area contributed by atoms with Gasteiger partial charge < -0.3 is 10.1 Å². The van der Waals surface area contributed by atoms with E-state index in [1.54, 1.807) is 12.1 Å². The normalized spacial score (nSPS) is 16.0. The Hall–Kier alpha value is -2.77. The highest BCUT2D eigenvalue weighted by Crippen LogP contribution is 2.27. The van der Waals surface area contributed by atoms with Gasteiger partial charge in [0.2, 0.25) is 5.91 Å². The van der Waals surface area contributed by atoms with E-state index in [2.05, 4.69) is 5.32 Å². The lowest BCUT2D eigenvalue weighted by Crippen LogP contribution is -2.44. The monoisotopic (exact) mass is 355 g/mol. The molecule has 0 radical (unpaired) electrons. The molecule has 1 fully saturated rings. The Morgan fingerprint density at radius 2 is 1.92 bits per heavy atom. The summed E-state index contributed by atoms with van der Waals surface area (Å²) >= 11 is 0. The standard InChI is InChI=1S/C19H21N3O4/c1-14-5-2-3-8-17(14)20-19(23)18(21-9-11-26-12-10-21)15-6-4-7-16(13-15)22(24)25/h2-8,13,18H,9-12H2,1H3,(H,20,23). The minimum Gasteiger partial charge on any atom is -0.379 e. The van der Waals surface area contributed by atoms with Crippen LogP contribution in [0.1, 0.15) is 17.2 Å². The second-order valence-corrected chi connectivity index (χ2v) is 6.21. The molecule has 1 N–H and O–H groups in total. The maximum absolute atomic E-state index is 13.1. The van der Waals surface area contributed by atoms with E-state index in [0.717, 1.165) is 11.3 Å². The zero-order chi connectivity index (χ0) is 18.5. The fourth-order valence-electron chi connectivity index (χ4n) is 3.09. The van der Waals surface area contributed by atoms with Gasteiger partial charge in [-0.25, -0.2) is 0 Å². The van der Waals surface area contributed by atoms with E-state index in [0.29, 0.717) is 31.9 Å². The molecular formula is C19H21N3O4. The molecule has 2 aromatic rings. The Balaban J connectivity index is 1.92. The molecule has 0 bridgehead atoms. The maximum atomic E-state index is 13.1. The molecule has 1 aliphatic rings. The van der Waals surface area contributed by atoms with Gasteiger partial charge in [0.15, 0.2) is 0 Å². The van der Waals surface area contributed by atoms with Crippen molar-refractivity contribution in [3.63, 3.8) is 0 Å². The quantitative estimate of drug-likeness (QED) is 0.658. The number of hydrogen-bond acceptors (Lipinski definition) is 5. The van der Waals surface area contributed by atoms with Crippen molar-refractivity contribution in [1.82, 2.24) is 4.90 Å². The van der Waals surface area contributed by atoms with E-state index >= 15 is 0 Å². The van der Waals surface area contributed by atoms with Gasteiger partial charge in [-0.05, 0) is 24.1 Å². The van der Waals surface area contributed by atoms with E-state index in [4.69, 9.17) is 4.74 Å². The fraction of sp³-hybridized carbons (Fsp3) is 0.316. The van der Waals surface area contributed by atoms with Crippen LogP contribution < -0.4 is 5.32 Å². The predicted octanol–water partition coefficient (Wildman–Crippen LogP) is 2.92. The minimum absolute atomic E-state index is 0.0237. The summed E-state index contributed by atoms with van der Waals surface area (Å²) in [7, 11) is 0. The van der Waals surface area contributed by atoms with Gasteiger partial charge in [-0.2, -0.15) is 0 Å². The number of carbonyl (C=O) groups is 1. The number of amides is 1. The molecule has 1 heterocycles. The van der Waals surface area contributed by atoms with Gasteiger partial charge in [-0.1, -0.05) is 30.3 Å². The summed E-state index contributed by atoms with van der Waals surface area (Å²) in [6, 6.07) is 13.2. The van der Waals surface area contributed by atoms with E-state index in [1.165, 1.54) is 12.1 Å². The van der Waals surface area contributed by atoms with Crippen LogP contribution in [0.4, 0.5) is 11.4 Å². The van der Waals surface area contributed by atoms with Crippen molar-refractivity contribution in [2.75, 3.05) is 31.6 Å². The number of anilines is 1. The molecule has 1 unspecified atom stereocenters. The van der Waals surface area contributed by atoms with Crippen LogP contribution in [0, 0.1) is 17.0 Å². The number of non-ortho nitro benzene ring substituents is 1. The van der Waals surface area contributed by atoms with E-state index in [9.17, 15) is 14.9 Å². The van der Waals surface area contributed by atoms with Crippen molar-refractivity contribution in [2.45, 2.75) is 13.0 Å². The number of nitrogens with zero attached hydrogens (tertiary/aromatic N) is 2. The van der Waals surface area contributed by atoms with Gasteiger partial charge in [0.05, 0.1) is 18.1 Å². The first kappa shape index (κ1) is 18.0. The van der Waals surface area contributed by atoms with Crippen molar-refractivity contribution in [3.8, 4) is 0 Å². The molecule has 2 aromatic carbocycles. The Bertz CT molecular complexity index is 803. The highest BCUT2D eigenvalue weighted by atomic mass is 16.6. The van der Waals surface area contributed by atoms with E-state index < -0.39 is 11.0 Å². The fourth-order valence-corrected chi connectivity index (χ4v) is 3.09. The predicted molar refractivity (Wildman–Crippen MR) is 98.0 cm³/mol. The number of para-hydroxylation sites is 1. The zero-order valence-electron chi connectivity index (χ0n) is 14.6. The third kappa shape index (κ3) is 4.07. The SMILES string of the molecule is Cc1ccccc1NC(=O)C(c1cccc([N+](=O)[O-])c1)N1CCOCC1. The molecule has 0 aromatic heterocycles. The van der Waals surface area contributed by atoms with Gasteiger partial charge in [0, 0.05) is 30.9 Å². The summed E-state index contributed by atoms with van der Waals surface area (Å²) in [6.45, 7) is 4.17. The Morgan fingerprint density at radius 3 is 2.62 bits per heavy atom. The van der Waals surface area contributed by atoms with E-state index in [-0.39, 0.29) is 11.6 Å². The summed E-state index contributed by atoms with van der Waals surface area (Å²) in [5, 5.41) is 14.1. The van der Waals surface area contributed by atoms with Crippen LogP contribution in [0.5, 0.6) is 0 Å². The average Bonchev–Trinajstić information content (AvgIpc) is 2.65. The molecule has 1 amide bonds. The molecule has 26 heavy (non-hydrogen) atoms. The van der Waals surface area contributed by atoms with Crippen LogP contribution >= 0.6 is 0 Å². The first-order chi connectivity index (χ1) is 12.6. The number of nitrogens with one attached hydrogen (secondary N) is 1. The Kier molecular flexibility index (Phi) is 5.60.